The number of piperazine rings is 1. The number of carbonyl (C=O) groups is 1. The SMILES string of the molecule is Cc1ccc(S(=O)(=O)N2CCN(C)CC2)cc1C(=O)NC1CCCC1. The normalized spacial score (nSPS) is 20.7. The summed E-state index contributed by atoms with van der Waals surface area (Å²) < 4.78 is 27.3. The summed E-state index contributed by atoms with van der Waals surface area (Å²) in [5, 5.41) is 3.05. The van der Waals surface area contributed by atoms with Gasteiger partial charge in [-0.15, -0.1) is 0 Å². The van der Waals surface area contributed by atoms with E-state index in [9.17, 15) is 13.2 Å². The average Bonchev–Trinajstić information content (AvgIpc) is 3.08. The molecule has 1 saturated heterocycles. The van der Waals surface area contributed by atoms with Crippen LogP contribution in [0.25, 0.3) is 0 Å². The number of amides is 1. The Kier molecular flexibility index (Phi) is 5.46. The van der Waals surface area contributed by atoms with Crippen molar-refractivity contribution in [1.82, 2.24) is 14.5 Å². The van der Waals surface area contributed by atoms with E-state index in [1.165, 1.54) is 10.4 Å². The number of carbonyl (C=O) groups excluding carboxylic acids is 1. The Labute approximate surface area is 150 Å². The highest BCUT2D eigenvalue weighted by molar-refractivity contribution is 7.89. The molecule has 7 heteroatoms. The van der Waals surface area contributed by atoms with Crippen LogP contribution in [-0.2, 0) is 10.0 Å². The van der Waals surface area contributed by atoms with Gasteiger partial charge in [0.15, 0.2) is 0 Å². The van der Waals surface area contributed by atoms with Crippen LogP contribution in [0.1, 0.15) is 41.6 Å². The molecule has 1 amide bonds. The second-order valence-electron chi connectivity index (χ2n) is 7.14. The van der Waals surface area contributed by atoms with Crippen molar-refractivity contribution in [2.24, 2.45) is 0 Å². The lowest BCUT2D eigenvalue weighted by Crippen LogP contribution is -2.47. The van der Waals surface area contributed by atoms with Crippen molar-refractivity contribution >= 4 is 15.9 Å². The molecule has 2 aliphatic rings. The molecule has 1 heterocycles. The van der Waals surface area contributed by atoms with E-state index >= 15 is 0 Å². The second kappa shape index (κ2) is 7.43. The van der Waals surface area contributed by atoms with Crippen molar-refractivity contribution in [3.63, 3.8) is 0 Å². The van der Waals surface area contributed by atoms with E-state index in [0.717, 1.165) is 44.3 Å². The topological polar surface area (TPSA) is 69.7 Å². The highest BCUT2D eigenvalue weighted by atomic mass is 32.2. The number of hydrogen-bond acceptors (Lipinski definition) is 4. The summed E-state index contributed by atoms with van der Waals surface area (Å²) >= 11 is 0. The van der Waals surface area contributed by atoms with Gasteiger partial charge >= 0.3 is 0 Å². The second-order valence-corrected chi connectivity index (χ2v) is 9.08. The molecular formula is C18H27N3O3S. The molecule has 1 saturated carbocycles. The molecule has 1 aromatic rings. The van der Waals surface area contributed by atoms with Crippen LogP contribution in [0.15, 0.2) is 23.1 Å². The third-order valence-corrected chi connectivity index (χ3v) is 7.14. The molecular weight excluding hydrogens is 338 g/mol. The van der Waals surface area contributed by atoms with Crippen LogP contribution < -0.4 is 5.32 Å². The van der Waals surface area contributed by atoms with Crippen molar-refractivity contribution in [2.75, 3.05) is 33.2 Å². The maximum Gasteiger partial charge on any atom is 0.251 e. The van der Waals surface area contributed by atoms with Gasteiger partial charge in [0.2, 0.25) is 10.0 Å². The first-order valence-electron chi connectivity index (χ1n) is 8.98. The number of nitrogens with one attached hydrogen (secondary N) is 1. The van der Waals surface area contributed by atoms with Crippen molar-refractivity contribution in [3.8, 4) is 0 Å². The monoisotopic (exact) mass is 365 g/mol. The van der Waals surface area contributed by atoms with Gasteiger partial charge in [0.05, 0.1) is 4.90 Å². The number of hydrogen-bond donors (Lipinski definition) is 1. The average molecular weight is 365 g/mol. The van der Waals surface area contributed by atoms with Crippen molar-refractivity contribution in [3.05, 3.63) is 29.3 Å². The summed E-state index contributed by atoms with van der Waals surface area (Å²) in [5.74, 6) is -0.167. The number of benzene rings is 1. The molecule has 0 radical (unpaired) electrons. The smallest absolute Gasteiger partial charge is 0.251 e. The molecule has 138 valence electrons. The molecule has 0 bridgehead atoms. The molecule has 1 aliphatic carbocycles. The number of sulfonamides is 1. The molecule has 2 fully saturated rings. The number of likely N-dealkylation sites (N-methyl/N-ethyl adjacent to an activating group) is 1. The van der Waals surface area contributed by atoms with E-state index in [-0.39, 0.29) is 16.8 Å². The predicted molar refractivity (Wildman–Crippen MR) is 97.2 cm³/mol. The lowest BCUT2D eigenvalue weighted by Gasteiger charge is -2.31. The summed E-state index contributed by atoms with van der Waals surface area (Å²) in [5.41, 5.74) is 1.26. The summed E-state index contributed by atoms with van der Waals surface area (Å²) in [6, 6.07) is 5.08. The molecule has 3 rings (SSSR count). The van der Waals surface area contributed by atoms with Crippen molar-refractivity contribution in [2.45, 2.75) is 43.5 Å². The zero-order valence-electron chi connectivity index (χ0n) is 15.0. The Bertz CT molecular complexity index is 734. The van der Waals surface area contributed by atoms with Crippen LogP contribution in [0.2, 0.25) is 0 Å². The first-order chi connectivity index (χ1) is 11.9. The summed E-state index contributed by atoms with van der Waals surface area (Å²) in [6.07, 6.45) is 4.29. The van der Waals surface area contributed by atoms with Gasteiger partial charge in [-0.05, 0) is 44.5 Å². The Morgan fingerprint density at radius 1 is 1.12 bits per heavy atom. The van der Waals surface area contributed by atoms with Crippen LogP contribution in [0.4, 0.5) is 0 Å². The highest BCUT2D eigenvalue weighted by Crippen LogP contribution is 2.22. The largest absolute Gasteiger partial charge is 0.349 e. The molecule has 1 N–H and O–H groups in total. The van der Waals surface area contributed by atoms with E-state index in [1.54, 1.807) is 12.1 Å². The van der Waals surface area contributed by atoms with Crippen LogP contribution in [0, 0.1) is 6.92 Å². The van der Waals surface area contributed by atoms with Gasteiger partial charge in [-0.1, -0.05) is 18.9 Å². The third-order valence-electron chi connectivity index (χ3n) is 5.24. The Morgan fingerprint density at radius 3 is 2.40 bits per heavy atom. The van der Waals surface area contributed by atoms with Gasteiger partial charge in [-0.2, -0.15) is 4.31 Å². The third kappa shape index (κ3) is 4.04. The fourth-order valence-electron chi connectivity index (χ4n) is 3.52. The first kappa shape index (κ1) is 18.4. The van der Waals surface area contributed by atoms with Crippen molar-refractivity contribution in [1.29, 1.82) is 0 Å². The van der Waals surface area contributed by atoms with Gasteiger partial charge < -0.3 is 10.2 Å². The Balaban J connectivity index is 1.81. The maximum absolute atomic E-state index is 12.9. The number of rotatable bonds is 4. The fourth-order valence-corrected chi connectivity index (χ4v) is 4.97. The van der Waals surface area contributed by atoms with Crippen LogP contribution >= 0.6 is 0 Å². The molecule has 0 spiro atoms. The fraction of sp³-hybridized carbons (Fsp3) is 0.611. The summed E-state index contributed by atoms with van der Waals surface area (Å²) in [6.45, 7) is 4.25. The molecule has 0 aromatic heterocycles. The van der Waals surface area contributed by atoms with Crippen LogP contribution in [-0.4, -0.2) is 62.8 Å². The maximum atomic E-state index is 12.9. The zero-order valence-corrected chi connectivity index (χ0v) is 15.8. The first-order valence-corrected chi connectivity index (χ1v) is 10.4. The van der Waals surface area contributed by atoms with E-state index in [0.29, 0.717) is 18.7 Å². The van der Waals surface area contributed by atoms with E-state index in [4.69, 9.17) is 0 Å². The minimum Gasteiger partial charge on any atom is -0.349 e. The lowest BCUT2D eigenvalue weighted by atomic mass is 10.1. The van der Waals surface area contributed by atoms with E-state index in [1.807, 2.05) is 14.0 Å². The molecule has 1 aliphatic heterocycles. The molecule has 25 heavy (non-hydrogen) atoms. The molecule has 1 aromatic carbocycles. The predicted octanol–water partition coefficient (Wildman–Crippen LogP) is 1.60. The van der Waals surface area contributed by atoms with E-state index < -0.39 is 10.0 Å². The Hall–Kier alpha value is -1.44. The van der Waals surface area contributed by atoms with Gasteiger partial charge in [-0.3, -0.25) is 4.79 Å². The highest BCUT2D eigenvalue weighted by Gasteiger charge is 2.28. The molecule has 6 nitrogen and oxygen atoms in total. The van der Waals surface area contributed by atoms with Gasteiger partial charge in [0, 0.05) is 37.8 Å². The standard InChI is InChI=1S/C18H27N3O3S/c1-14-7-8-16(25(23,24)21-11-9-20(2)10-12-21)13-17(14)18(22)19-15-5-3-4-6-15/h7-8,13,15H,3-6,9-12H2,1-2H3,(H,19,22). The Morgan fingerprint density at radius 2 is 1.76 bits per heavy atom. The van der Waals surface area contributed by atoms with Gasteiger partial charge in [0.1, 0.15) is 0 Å². The minimum absolute atomic E-state index is 0.167. The van der Waals surface area contributed by atoms with Gasteiger partial charge in [0.25, 0.3) is 5.91 Å². The summed E-state index contributed by atoms with van der Waals surface area (Å²) in [4.78, 5) is 14.9. The summed E-state index contributed by atoms with van der Waals surface area (Å²) in [7, 11) is -1.57. The van der Waals surface area contributed by atoms with Gasteiger partial charge in [-0.25, -0.2) is 8.42 Å². The van der Waals surface area contributed by atoms with Crippen molar-refractivity contribution < 1.29 is 13.2 Å². The number of nitrogens with zero attached hydrogens (tertiary/aromatic N) is 2. The van der Waals surface area contributed by atoms with Crippen LogP contribution in [0.3, 0.4) is 0 Å². The quantitative estimate of drug-likeness (QED) is 0.880. The molecule has 0 atom stereocenters. The zero-order chi connectivity index (χ0) is 18.0. The van der Waals surface area contributed by atoms with E-state index in [2.05, 4.69) is 10.2 Å². The van der Waals surface area contributed by atoms with Crippen LogP contribution in [0.5, 0.6) is 0 Å². The number of aryl methyl sites for hydroxylation is 1. The minimum atomic E-state index is -3.56. The molecule has 0 unspecified atom stereocenters. The lowest BCUT2D eigenvalue weighted by molar-refractivity contribution is 0.0937.